The molecule has 0 saturated heterocycles. The molecule has 3 rings (SSSR count). The van der Waals surface area contributed by atoms with Crippen LogP contribution in [0.15, 0.2) is 18.2 Å². The molecule has 25 heavy (non-hydrogen) atoms. The van der Waals surface area contributed by atoms with Crippen LogP contribution in [0.3, 0.4) is 0 Å². The Labute approximate surface area is 143 Å². The molecule has 130 valence electrons. The first-order valence-electron chi connectivity index (χ1n) is 7.69. The third-order valence-electron chi connectivity index (χ3n) is 4.06. The smallest absolute Gasteiger partial charge is 0.280 e. The maximum atomic E-state index is 12.5. The molecule has 0 spiro atoms. The van der Waals surface area contributed by atoms with Gasteiger partial charge in [-0.25, -0.2) is 0 Å². The van der Waals surface area contributed by atoms with Crippen LogP contribution in [-0.4, -0.2) is 33.7 Å². The molecular formula is C17H17N3O5. The van der Waals surface area contributed by atoms with Gasteiger partial charge in [-0.2, -0.15) is 5.10 Å². The Hall–Kier alpha value is -3.16. The van der Waals surface area contributed by atoms with E-state index >= 15 is 0 Å². The third kappa shape index (κ3) is 3.10. The summed E-state index contributed by atoms with van der Waals surface area (Å²) in [6.45, 7) is 4.27. The van der Waals surface area contributed by atoms with E-state index in [1.807, 2.05) is 0 Å². The number of hydrogen-bond acceptors (Lipinski definition) is 6. The van der Waals surface area contributed by atoms with E-state index in [-0.39, 0.29) is 17.0 Å². The number of nitrogens with zero attached hydrogens (tertiary/aromatic N) is 3. The summed E-state index contributed by atoms with van der Waals surface area (Å²) in [5.74, 6) is 0.505. The molecule has 2 aromatic rings. The highest BCUT2D eigenvalue weighted by Gasteiger charge is 2.21. The van der Waals surface area contributed by atoms with Crippen molar-refractivity contribution in [1.82, 2.24) is 9.78 Å². The normalized spacial score (nSPS) is 13.2. The SMILES string of the molecule is Cc1nn(C)c(C)c1C(=O)/C=C\c1cc2c(cc1[N+](=O)[O-])OCCO2. The first-order chi connectivity index (χ1) is 11.9. The molecular weight excluding hydrogens is 326 g/mol. The van der Waals surface area contributed by atoms with Crippen molar-refractivity contribution >= 4 is 17.5 Å². The average Bonchev–Trinajstić information content (AvgIpc) is 2.84. The number of fused-ring (bicyclic) bond motifs is 1. The zero-order valence-corrected chi connectivity index (χ0v) is 14.1. The maximum absolute atomic E-state index is 12.5. The Morgan fingerprint density at radius 2 is 1.92 bits per heavy atom. The first kappa shape index (κ1) is 16.7. The van der Waals surface area contributed by atoms with Gasteiger partial charge in [-0.3, -0.25) is 19.6 Å². The van der Waals surface area contributed by atoms with Crippen LogP contribution in [0, 0.1) is 24.0 Å². The first-order valence-corrected chi connectivity index (χ1v) is 7.69. The number of carbonyl (C=O) groups is 1. The molecule has 1 aromatic carbocycles. The van der Waals surface area contributed by atoms with Gasteiger partial charge in [0.15, 0.2) is 17.3 Å². The Morgan fingerprint density at radius 1 is 1.28 bits per heavy atom. The van der Waals surface area contributed by atoms with E-state index in [9.17, 15) is 14.9 Å². The van der Waals surface area contributed by atoms with Crippen molar-refractivity contribution in [1.29, 1.82) is 0 Å². The topological polar surface area (TPSA) is 96.5 Å². The largest absolute Gasteiger partial charge is 0.486 e. The van der Waals surface area contributed by atoms with Gasteiger partial charge in [-0.15, -0.1) is 0 Å². The predicted octanol–water partition coefficient (Wildman–Crippen LogP) is 2.61. The minimum absolute atomic E-state index is 0.145. The van der Waals surface area contributed by atoms with Gasteiger partial charge in [0, 0.05) is 12.7 Å². The zero-order chi connectivity index (χ0) is 18.1. The fraction of sp³-hybridized carbons (Fsp3) is 0.294. The third-order valence-corrected chi connectivity index (χ3v) is 4.06. The van der Waals surface area contributed by atoms with Gasteiger partial charge in [-0.05, 0) is 32.1 Å². The second-order valence-electron chi connectivity index (χ2n) is 5.68. The monoisotopic (exact) mass is 343 g/mol. The number of carbonyl (C=O) groups excluding carboxylic acids is 1. The van der Waals surface area contributed by atoms with E-state index in [1.54, 1.807) is 25.6 Å². The van der Waals surface area contributed by atoms with Crippen LogP contribution in [0.25, 0.3) is 6.08 Å². The quantitative estimate of drug-likeness (QED) is 0.366. The lowest BCUT2D eigenvalue weighted by Gasteiger charge is -2.18. The number of benzene rings is 1. The molecule has 0 saturated carbocycles. The number of nitro benzene ring substituents is 1. The van der Waals surface area contributed by atoms with Crippen molar-refractivity contribution < 1.29 is 19.2 Å². The molecule has 0 unspecified atom stereocenters. The molecule has 1 aromatic heterocycles. The van der Waals surface area contributed by atoms with Gasteiger partial charge in [0.05, 0.1) is 27.8 Å². The van der Waals surface area contributed by atoms with E-state index in [0.29, 0.717) is 36.0 Å². The fourth-order valence-electron chi connectivity index (χ4n) is 2.76. The van der Waals surface area contributed by atoms with Gasteiger partial charge in [0.1, 0.15) is 13.2 Å². The molecule has 0 atom stereocenters. The number of aromatic nitrogens is 2. The van der Waals surface area contributed by atoms with Crippen molar-refractivity contribution in [2.24, 2.45) is 7.05 Å². The minimum Gasteiger partial charge on any atom is -0.486 e. The van der Waals surface area contributed by atoms with Crippen LogP contribution in [-0.2, 0) is 7.05 Å². The summed E-state index contributed by atoms with van der Waals surface area (Å²) in [4.78, 5) is 23.3. The highest BCUT2D eigenvalue weighted by molar-refractivity contribution is 6.08. The molecule has 0 bridgehead atoms. The number of nitro groups is 1. The highest BCUT2D eigenvalue weighted by Crippen LogP contribution is 2.37. The number of rotatable bonds is 4. The van der Waals surface area contributed by atoms with E-state index in [1.165, 1.54) is 24.3 Å². The second kappa shape index (κ2) is 6.39. The van der Waals surface area contributed by atoms with E-state index in [0.717, 1.165) is 5.69 Å². The summed E-state index contributed by atoms with van der Waals surface area (Å²) in [5, 5.41) is 15.5. The molecule has 8 nitrogen and oxygen atoms in total. The molecule has 0 N–H and O–H groups in total. The summed E-state index contributed by atoms with van der Waals surface area (Å²) in [6, 6.07) is 2.83. The fourth-order valence-corrected chi connectivity index (χ4v) is 2.76. The van der Waals surface area contributed by atoms with Crippen LogP contribution in [0.2, 0.25) is 0 Å². The van der Waals surface area contributed by atoms with Crippen LogP contribution < -0.4 is 9.47 Å². The summed E-state index contributed by atoms with van der Waals surface area (Å²) < 4.78 is 12.4. The van der Waals surface area contributed by atoms with E-state index < -0.39 is 4.92 Å². The van der Waals surface area contributed by atoms with Crippen LogP contribution in [0.4, 0.5) is 5.69 Å². The van der Waals surface area contributed by atoms with Crippen molar-refractivity contribution in [3.8, 4) is 11.5 Å². The summed E-state index contributed by atoms with van der Waals surface area (Å²) in [5.41, 5.74) is 1.99. The summed E-state index contributed by atoms with van der Waals surface area (Å²) in [6.07, 6.45) is 2.74. The predicted molar refractivity (Wildman–Crippen MR) is 90.1 cm³/mol. The lowest BCUT2D eigenvalue weighted by Crippen LogP contribution is -2.15. The highest BCUT2D eigenvalue weighted by atomic mass is 16.6. The lowest BCUT2D eigenvalue weighted by molar-refractivity contribution is -0.385. The molecule has 2 heterocycles. The van der Waals surface area contributed by atoms with Crippen molar-refractivity contribution in [2.45, 2.75) is 13.8 Å². The van der Waals surface area contributed by atoms with Gasteiger partial charge in [-0.1, -0.05) is 0 Å². The van der Waals surface area contributed by atoms with Gasteiger partial charge in [0.25, 0.3) is 5.69 Å². The van der Waals surface area contributed by atoms with Gasteiger partial charge < -0.3 is 9.47 Å². The summed E-state index contributed by atoms with van der Waals surface area (Å²) >= 11 is 0. The standard InChI is InChI=1S/C17H17N3O5/c1-10-17(11(2)19(3)18-10)14(21)5-4-12-8-15-16(25-7-6-24-15)9-13(12)20(22)23/h4-5,8-9H,6-7H2,1-3H3/b5-4-. The van der Waals surface area contributed by atoms with Crippen molar-refractivity contribution in [3.63, 3.8) is 0 Å². The maximum Gasteiger partial charge on any atom is 0.280 e. The van der Waals surface area contributed by atoms with Gasteiger partial charge in [0.2, 0.25) is 0 Å². The zero-order valence-electron chi connectivity index (χ0n) is 14.1. The Kier molecular flexibility index (Phi) is 4.26. The number of aryl methyl sites for hydroxylation is 2. The molecule has 8 heteroatoms. The second-order valence-corrected chi connectivity index (χ2v) is 5.68. The van der Waals surface area contributed by atoms with Crippen molar-refractivity contribution in [2.75, 3.05) is 13.2 Å². The average molecular weight is 343 g/mol. The van der Waals surface area contributed by atoms with E-state index in [4.69, 9.17) is 9.47 Å². The summed E-state index contributed by atoms with van der Waals surface area (Å²) in [7, 11) is 1.76. The number of ketones is 1. The van der Waals surface area contributed by atoms with Crippen LogP contribution in [0.1, 0.15) is 27.3 Å². The molecule has 0 radical (unpaired) electrons. The number of hydrogen-bond donors (Lipinski definition) is 0. The number of ether oxygens (including phenoxy) is 2. The van der Waals surface area contributed by atoms with Crippen LogP contribution >= 0.6 is 0 Å². The molecule has 1 aliphatic heterocycles. The lowest BCUT2D eigenvalue weighted by atomic mass is 10.1. The Bertz CT molecular complexity index is 898. The Balaban J connectivity index is 1.97. The number of allylic oxidation sites excluding steroid dienone is 1. The Morgan fingerprint density at radius 3 is 2.48 bits per heavy atom. The van der Waals surface area contributed by atoms with Crippen molar-refractivity contribution in [3.05, 3.63) is 50.8 Å². The van der Waals surface area contributed by atoms with Gasteiger partial charge >= 0.3 is 0 Å². The molecule has 1 aliphatic rings. The van der Waals surface area contributed by atoms with E-state index in [2.05, 4.69) is 5.10 Å². The molecule has 0 aliphatic carbocycles. The molecule has 0 fully saturated rings. The molecule has 0 amide bonds. The minimum atomic E-state index is -0.511. The van der Waals surface area contributed by atoms with Crippen LogP contribution in [0.5, 0.6) is 11.5 Å².